The highest BCUT2D eigenvalue weighted by atomic mass is 35.5. The number of nitrogens with one attached hydrogen (secondary N) is 2. The van der Waals surface area contributed by atoms with Crippen LogP contribution in [-0.2, 0) is 10.0 Å². The van der Waals surface area contributed by atoms with Crippen LogP contribution in [0.3, 0.4) is 0 Å². The first-order valence-electron chi connectivity index (χ1n) is 13.5. The smallest absolute Gasteiger partial charge is 0.324 e. The number of aromatic nitrogens is 1. The summed E-state index contributed by atoms with van der Waals surface area (Å²) in [5.74, 6) is 0.258. The zero-order valence-electron chi connectivity index (χ0n) is 22.1. The Balaban J connectivity index is 1.19. The number of amidine groups is 1. The van der Waals surface area contributed by atoms with Crippen molar-refractivity contribution in [2.75, 3.05) is 37.3 Å². The maximum Gasteiger partial charge on any atom is 0.324 e. The Morgan fingerprint density at radius 1 is 1.05 bits per heavy atom. The molecule has 3 amide bonds. The number of anilines is 1. The second kappa shape index (κ2) is 10.4. The molecule has 0 bridgehead atoms. The predicted molar refractivity (Wildman–Crippen MR) is 156 cm³/mol. The number of hydrogen-bond acceptors (Lipinski definition) is 4. The third kappa shape index (κ3) is 5.15. The molecule has 3 aromatic rings. The van der Waals surface area contributed by atoms with Crippen LogP contribution in [-0.4, -0.2) is 85.5 Å². The molecule has 0 radical (unpaired) electrons. The summed E-state index contributed by atoms with van der Waals surface area (Å²) < 4.78 is 28.0. The second-order valence-electron chi connectivity index (χ2n) is 10.7. The molecule has 0 spiro atoms. The van der Waals surface area contributed by atoms with E-state index in [1.54, 1.807) is 23.2 Å². The van der Waals surface area contributed by atoms with Crippen molar-refractivity contribution in [1.29, 1.82) is 0 Å². The highest BCUT2D eigenvalue weighted by molar-refractivity contribution is 7.89. The van der Waals surface area contributed by atoms with Gasteiger partial charge in [-0.05, 0) is 62.1 Å². The number of fused-ring (bicyclic) bond motifs is 2. The van der Waals surface area contributed by atoms with Gasteiger partial charge in [-0.25, -0.2) is 13.2 Å². The van der Waals surface area contributed by atoms with Gasteiger partial charge in [0.1, 0.15) is 5.84 Å². The van der Waals surface area contributed by atoms with Crippen molar-refractivity contribution in [3.63, 3.8) is 0 Å². The molecule has 2 aromatic carbocycles. The van der Waals surface area contributed by atoms with Gasteiger partial charge in [-0.15, -0.1) is 4.40 Å². The summed E-state index contributed by atoms with van der Waals surface area (Å²) >= 11 is 6.17. The summed E-state index contributed by atoms with van der Waals surface area (Å²) in [7, 11) is -3.57. The predicted octanol–water partition coefficient (Wildman–Crippen LogP) is 3.83. The summed E-state index contributed by atoms with van der Waals surface area (Å²) in [5.41, 5.74) is 2.75. The van der Waals surface area contributed by atoms with E-state index in [0.29, 0.717) is 35.1 Å². The first-order chi connectivity index (χ1) is 19.2. The van der Waals surface area contributed by atoms with E-state index >= 15 is 0 Å². The Bertz CT molecular complexity index is 1600. The fourth-order valence-electron chi connectivity index (χ4n) is 5.98. The van der Waals surface area contributed by atoms with Crippen LogP contribution in [0.25, 0.3) is 10.9 Å². The van der Waals surface area contributed by atoms with Crippen LogP contribution in [0, 0.1) is 0 Å². The Labute approximate surface area is 238 Å². The highest BCUT2D eigenvalue weighted by Gasteiger charge is 2.44. The zero-order chi connectivity index (χ0) is 28.0. The van der Waals surface area contributed by atoms with Gasteiger partial charge in [0.2, 0.25) is 0 Å². The third-order valence-electron chi connectivity index (χ3n) is 7.93. The Hall–Kier alpha value is -3.57. The van der Waals surface area contributed by atoms with Crippen LogP contribution in [0.2, 0.25) is 5.02 Å². The summed E-state index contributed by atoms with van der Waals surface area (Å²) in [6, 6.07) is 12.3. The molecular weight excluding hydrogens is 552 g/mol. The standard InChI is InChI=1S/C28H31ClN6O4S/c1-40(38,39)32-26(33-12-2-3-13-33)18-6-9-20(10-7-18)35-17-25-23(5-4-14-34(25)28(35)37)31-27(36)19-8-11-21-22(29)16-30-24(21)15-19/h6-11,15-16,23,25,30H,2-5,12-14,17H2,1H3,(H,31,36)/t23-,25-/m1/s1. The highest BCUT2D eigenvalue weighted by Crippen LogP contribution is 2.31. The van der Waals surface area contributed by atoms with Gasteiger partial charge in [-0.3, -0.25) is 9.69 Å². The molecule has 2 N–H and O–H groups in total. The first kappa shape index (κ1) is 26.6. The number of sulfonamides is 1. The minimum Gasteiger partial charge on any atom is -0.360 e. The number of hydrogen-bond donors (Lipinski definition) is 2. The number of H-pyrrole nitrogens is 1. The molecule has 4 heterocycles. The number of carbonyl (C=O) groups is 2. The van der Waals surface area contributed by atoms with Crippen molar-refractivity contribution in [2.24, 2.45) is 4.40 Å². The Morgan fingerprint density at radius 3 is 2.50 bits per heavy atom. The molecule has 0 saturated carbocycles. The van der Waals surface area contributed by atoms with E-state index in [1.165, 1.54) is 0 Å². The number of nitrogens with zero attached hydrogens (tertiary/aromatic N) is 4. The van der Waals surface area contributed by atoms with Crippen molar-refractivity contribution < 1.29 is 18.0 Å². The number of benzene rings is 2. The minimum atomic E-state index is -3.57. The fourth-order valence-corrected chi connectivity index (χ4v) is 6.73. The summed E-state index contributed by atoms with van der Waals surface area (Å²) in [4.78, 5) is 35.2. The van der Waals surface area contributed by atoms with Gasteiger partial charge in [0.15, 0.2) is 0 Å². The van der Waals surface area contributed by atoms with E-state index in [0.717, 1.165) is 61.6 Å². The molecule has 40 heavy (non-hydrogen) atoms. The SMILES string of the molecule is CS(=O)(=O)N=C(c1ccc(N2C[C@@H]3[C@H](NC(=O)c4ccc5c(Cl)c[nH]c5c4)CCCN3C2=O)cc1)N1CCCC1. The number of carbonyl (C=O) groups excluding carboxylic acids is 2. The topological polar surface area (TPSA) is 118 Å². The van der Waals surface area contributed by atoms with Gasteiger partial charge in [-0.1, -0.05) is 17.7 Å². The molecule has 210 valence electrons. The molecular formula is C28H31ClN6O4S. The Kier molecular flexibility index (Phi) is 6.95. The van der Waals surface area contributed by atoms with Gasteiger partial charge in [0, 0.05) is 53.5 Å². The van der Waals surface area contributed by atoms with E-state index in [2.05, 4.69) is 14.7 Å². The average molecular weight is 583 g/mol. The quantitative estimate of drug-likeness (QED) is 0.350. The van der Waals surface area contributed by atoms with Crippen LogP contribution in [0.15, 0.2) is 53.1 Å². The van der Waals surface area contributed by atoms with Crippen molar-refractivity contribution in [3.05, 3.63) is 64.8 Å². The molecule has 12 heteroatoms. The van der Waals surface area contributed by atoms with Crippen molar-refractivity contribution in [2.45, 2.75) is 37.8 Å². The van der Waals surface area contributed by atoms with E-state index in [9.17, 15) is 18.0 Å². The lowest BCUT2D eigenvalue weighted by molar-refractivity contribution is 0.0887. The lowest BCUT2D eigenvalue weighted by Gasteiger charge is -2.35. The van der Waals surface area contributed by atoms with Crippen molar-refractivity contribution in [1.82, 2.24) is 20.1 Å². The maximum absolute atomic E-state index is 13.4. The number of rotatable bonds is 5. The van der Waals surface area contributed by atoms with Crippen molar-refractivity contribution in [3.8, 4) is 0 Å². The molecule has 0 unspecified atom stereocenters. The fraction of sp³-hybridized carbons (Fsp3) is 0.393. The van der Waals surface area contributed by atoms with Crippen LogP contribution in [0.1, 0.15) is 41.6 Å². The second-order valence-corrected chi connectivity index (χ2v) is 12.7. The number of urea groups is 1. The average Bonchev–Trinajstić information content (AvgIpc) is 3.67. The largest absolute Gasteiger partial charge is 0.360 e. The number of amides is 3. The van der Waals surface area contributed by atoms with E-state index in [4.69, 9.17) is 11.6 Å². The molecule has 3 aliphatic heterocycles. The summed E-state index contributed by atoms with van der Waals surface area (Å²) in [6.45, 7) is 2.61. The number of piperidine rings is 1. The third-order valence-corrected chi connectivity index (χ3v) is 8.75. The molecule has 3 fully saturated rings. The van der Waals surface area contributed by atoms with Gasteiger partial charge < -0.3 is 20.1 Å². The monoisotopic (exact) mass is 582 g/mol. The van der Waals surface area contributed by atoms with Crippen LogP contribution in [0.4, 0.5) is 10.5 Å². The lowest BCUT2D eigenvalue weighted by atomic mass is 9.97. The van der Waals surface area contributed by atoms with Gasteiger partial charge in [-0.2, -0.15) is 0 Å². The summed E-state index contributed by atoms with van der Waals surface area (Å²) in [5, 5.41) is 4.63. The molecule has 1 aromatic heterocycles. The van der Waals surface area contributed by atoms with Crippen molar-refractivity contribution >= 4 is 56.0 Å². The van der Waals surface area contributed by atoms with Gasteiger partial charge in [0.05, 0.1) is 29.9 Å². The summed E-state index contributed by atoms with van der Waals surface area (Å²) in [6.07, 6.45) is 6.36. The lowest BCUT2D eigenvalue weighted by Crippen LogP contribution is -2.54. The zero-order valence-corrected chi connectivity index (χ0v) is 23.7. The minimum absolute atomic E-state index is 0.0938. The number of halogens is 1. The first-order valence-corrected chi connectivity index (χ1v) is 15.7. The number of aromatic amines is 1. The molecule has 6 rings (SSSR count). The van der Waals surface area contributed by atoms with Gasteiger partial charge in [0.25, 0.3) is 15.9 Å². The van der Waals surface area contributed by atoms with E-state index in [-0.39, 0.29) is 24.0 Å². The van der Waals surface area contributed by atoms with E-state index < -0.39 is 10.0 Å². The molecule has 0 aliphatic carbocycles. The molecule has 3 saturated heterocycles. The van der Waals surface area contributed by atoms with Crippen LogP contribution >= 0.6 is 11.6 Å². The number of likely N-dealkylation sites (tertiary alicyclic amines) is 1. The molecule has 2 atom stereocenters. The normalized spacial score (nSPS) is 21.8. The Morgan fingerprint density at radius 2 is 1.77 bits per heavy atom. The van der Waals surface area contributed by atoms with Crippen LogP contribution < -0.4 is 10.2 Å². The molecule has 10 nitrogen and oxygen atoms in total. The molecule has 3 aliphatic rings. The van der Waals surface area contributed by atoms with E-state index in [1.807, 2.05) is 40.1 Å². The maximum atomic E-state index is 13.4. The van der Waals surface area contributed by atoms with Crippen LogP contribution in [0.5, 0.6) is 0 Å². The van der Waals surface area contributed by atoms with Gasteiger partial charge >= 0.3 is 6.03 Å².